The summed E-state index contributed by atoms with van der Waals surface area (Å²) in [4.78, 5) is 22.9. The third kappa shape index (κ3) is 9.96. The van der Waals surface area contributed by atoms with Crippen molar-refractivity contribution in [3.05, 3.63) is 0 Å². The van der Waals surface area contributed by atoms with Crippen LogP contribution in [-0.4, -0.2) is 65.7 Å². The van der Waals surface area contributed by atoms with E-state index in [0.29, 0.717) is 25.9 Å². The van der Waals surface area contributed by atoms with E-state index in [1.165, 1.54) is 0 Å². The molecular formula is C21H38O7. The van der Waals surface area contributed by atoms with Gasteiger partial charge < -0.3 is 24.8 Å². The molecule has 0 bridgehead atoms. The van der Waals surface area contributed by atoms with Gasteiger partial charge in [-0.1, -0.05) is 32.6 Å². The van der Waals surface area contributed by atoms with Crippen LogP contribution in [0.25, 0.3) is 0 Å². The first-order chi connectivity index (χ1) is 13.5. The molecule has 0 aliphatic heterocycles. The average Bonchev–Trinajstić information content (AvgIpc) is 2.95. The van der Waals surface area contributed by atoms with Crippen LogP contribution in [-0.2, 0) is 19.1 Å². The predicted molar refractivity (Wildman–Crippen MR) is 105 cm³/mol. The smallest absolute Gasteiger partial charge is 0.329 e. The number of carboxylic acids is 1. The lowest BCUT2D eigenvalue weighted by atomic mass is 9.85. The van der Waals surface area contributed by atoms with E-state index >= 15 is 0 Å². The molecule has 1 aliphatic rings. The molecule has 3 N–H and O–H groups in total. The first kappa shape index (κ1) is 25.0. The zero-order valence-electron chi connectivity index (χ0n) is 17.2. The minimum absolute atomic E-state index is 0.0668. The molecule has 28 heavy (non-hydrogen) atoms. The van der Waals surface area contributed by atoms with Crippen molar-refractivity contribution in [3.63, 3.8) is 0 Å². The Kier molecular flexibility index (Phi) is 13.3. The Morgan fingerprint density at radius 1 is 1.14 bits per heavy atom. The molecule has 1 saturated carbocycles. The molecule has 0 heterocycles. The van der Waals surface area contributed by atoms with E-state index in [2.05, 4.69) is 6.92 Å². The van der Waals surface area contributed by atoms with E-state index < -0.39 is 5.97 Å². The van der Waals surface area contributed by atoms with Crippen molar-refractivity contribution in [3.8, 4) is 0 Å². The van der Waals surface area contributed by atoms with Crippen molar-refractivity contribution < 1.29 is 34.4 Å². The third-order valence-corrected chi connectivity index (χ3v) is 5.49. The Labute approximate surface area is 168 Å². The second-order valence-corrected chi connectivity index (χ2v) is 7.74. The Hall–Kier alpha value is -1.02. The van der Waals surface area contributed by atoms with Crippen LogP contribution in [0.2, 0.25) is 0 Å². The van der Waals surface area contributed by atoms with Gasteiger partial charge in [0, 0.05) is 18.9 Å². The molecule has 0 aromatic heterocycles. The summed E-state index contributed by atoms with van der Waals surface area (Å²) in [5.41, 5.74) is 0. The van der Waals surface area contributed by atoms with Crippen LogP contribution < -0.4 is 0 Å². The molecule has 0 aromatic carbocycles. The van der Waals surface area contributed by atoms with Gasteiger partial charge in [0.2, 0.25) is 0 Å². The number of unbranched alkanes of at least 4 members (excludes halogenated alkanes) is 3. The fourth-order valence-electron chi connectivity index (χ4n) is 4.03. The monoisotopic (exact) mass is 402 g/mol. The minimum atomic E-state index is -0.979. The second-order valence-electron chi connectivity index (χ2n) is 7.74. The summed E-state index contributed by atoms with van der Waals surface area (Å²) >= 11 is 0. The molecule has 1 aliphatic carbocycles. The molecule has 1 rings (SSSR count). The largest absolute Gasteiger partial charge is 0.480 e. The Morgan fingerprint density at radius 2 is 1.93 bits per heavy atom. The van der Waals surface area contributed by atoms with Crippen molar-refractivity contribution in [2.24, 2.45) is 11.8 Å². The summed E-state index contributed by atoms with van der Waals surface area (Å²) in [5, 5.41) is 27.8. The highest BCUT2D eigenvalue weighted by Crippen LogP contribution is 2.38. The molecule has 0 aromatic rings. The molecule has 0 saturated heterocycles. The summed E-state index contributed by atoms with van der Waals surface area (Å²) in [7, 11) is 0. The number of carbonyl (C=O) groups is 2. The topological polar surface area (TPSA) is 113 Å². The van der Waals surface area contributed by atoms with Gasteiger partial charge in [-0.05, 0) is 38.0 Å². The number of aliphatic hydroxyl groups is 2. The zero-order valence-corrected chi connectivity index (χ0v) is 17.2. The number of Topliss-reactive ketones (excluding diaryl/α,β-unsaturated/α-hetero) is 1. The number of ether oxygens (including phenoxy) is 2. The van der Waals surface area contributed by atoms with Gasteiger partial charge >= 0.3 is 5.97 Å². The standard InChI is InChI=1S/C21H38O7/c1-2-3-4-7-16(23)9-10-18-17(8-5-6-12-27-15-21(25)26)19(24)14-20(18)28-13-11-22/h16-18,20,22-23H,2-15H2,1H3,(H,25,26)/t16?,17-,18-,20-/m1/s1. The molecule has 0 spiro atoms. The molecule has 7 nitrogen and oxygen atoms in total. The highest BCUT2D eigenvalue weighted by molar-refractivity contribution is 5.84. The van der Waals surface area contributed by atoms with Crippen LogP contribution in [0.5, 0.6) is 0 Å². The van der Waals surface area contributed by atoms with Gasteiger partial charge in [-0.3, -0.25) is 4.79 Å². The van der Waals surface area contributed by atoms with Crippen LogP contribution in [0, 0.1) is 11.8 Å². The van der Waals surface area contributed by atoms with E-state index in [-0.39, 0.29) is 49.6 Å². The quantitative estimate of drug-likeness (QED) is 0.320. The Balaban J connectivity index is 2.48. The first-order valence-corrected chi connectivity index (χ1v) is 10.7. The molecule has 4 atom stereocenters. The molecule has 0 radical (unpaired) electrons. The van der Waals surface area contributed by atoms with Gasteiger partial charge in [0.15, 0.2) is 0 Å². The number of rotatable bonds is 17. The van der Waals surface area contributed by atoms with Crippen molar-refractivity contribution in [1.82, 2.24) is 0 Å². The molecule has 164 valence electrons. The fourth-order valence-corrected chi connectivity index (χ4v) is 4.03. The fraction of sp³-hybridized carbons (Fsp3) is 0.905. The maximum absolute atomic E-state index is 12.5. The van der Waals surface area contributed by atoms with E-state index in [4.69, 9.17) is 19.7 Å². The second kappa shape index (κ2) is 14.9. The predicted octanol–water partition coefficient (Wildman–Crippen LogP) is 2.56. The molecule has 7 heteroatoms. The van der Waals surface area contributed by atoms with Crippen LogP contribution in [0.4, 0.5) is 0 Å². The third-order valence-electron chi connectivity index (χ3n) is 5.49. The minimum Gasteiger partial charge on any atom is -0.480 e. The molecule has 1 fully saturated rings. The van der Waals surface area contributed by atoms with Crippen molar-refractivity contribution >= 4 is 11.8 Å². The van der Waals surface area contributed by atoms with E-state index in [9.17, 15) is 14.7 Å². The van der Waals surface area contributed by atoms with Gasteiger partial charge in [0.05, 0.1) is 25.4 Å². The highest BCUT2D eigenvalue weighted by Gasteiger charge is 2.42. The molecule has 0 amide bonds. The average molecular weight is 403 g/mol. The van der Waals surface area contributed by atoms with E-state index in [0.717, 1.165) is 44.9 Å². The lowest BCUT2D eigenvalue weighted by molar-refractivity contribution is -0.142. The van der Waals surface area contributed by atoms with Gasteiger partial charge in [0.1, 0.15) is 12.4 Å². The number of aliphatic carboxylic acids is 1. The maximum atomic E-state index is 12.5. The van der Waals surface area contributed by atoms with E-state index in [1.807, 2.05) is 0 Å². The summed E-state index contributed by atoms with van der Waals surface area (Å²) in [5.74, 6) is -0.807. The first-order valence-electron chi connectivity index (χ1n) is 10.7. The molecular weight excluding hydrogens is 364 g/mol. The van der Waals surface area contributed by atoms with Crippen LogP contribution in [0.1, 0.15) is 71.1 Å². The number of ketones is 1. The normalized spacial score (nSPS) is 23.2. The number of carbonyl (C=O) groups excluding carboxylic acids is 1. The summed E-state index contributed by atoms with van der Waals surface area (Å²) < 4.78 is 10.8. The van der Waals surface area contributed by atoms with Crippen LogP contribution in [0.15, 0.2) is 0 Å². The summed E-state index contributed by atoms with van der Waals surface area (Å²) in [6, 6.07) is 0. The van der Waals surface area contributed by atoms with Crippen molar-refractivity contribution in [2.45, 2.75) is 83.3 Å². The molecule has 1 unspecified atom stereocenters. The van der Waals surface area contributed by atoms with Crippen molar-refractivity contribution in [2.75, 3.05) is 26.4 Å². The Morgan fingerprint density at radius 3 is 2.61 bits per heavy atom. The van der Waals surface area contributed by atoms with Crippen molar-refractivity contribution in [1.29, 1.82) is 0 Å². The van der Waals surface area contributed by atoms with Crippen LogP contribution >= 0.6 is 0 Å². The number of aliphatic hydroxyl groups excluding tert-OH is 2. The lowest BCUT2D eigenvalue weighted by Crippen LogP contribution is -2.26. The summed E-state index contributed by atoms with van der Waals surface area (Å²) in [6.45, 7) is 2.37. The maximum Gasteiger partial charge on any atom is 0.329 e. The number of hydrogen-bond acceptors (Lipinski definition) is 6. The van der Waals surface area contributed by atoms with Gasteiger partial charge in [-0.2, -0.15) is 0 Å². The van der Waals surface area contributed by atoms with Crippen LogP contribution in [0.3, 0.4) is 0 Å². The summed E-state index contributed by atoms with van der Waals surface area (Å²) in [6.07, 6.45) is 7.54. The SMILES string of the molecule is CCCCCC(O)CC[C@H]1[C@H](OCCO)CC(=O)[C@@H]1CCCCOCC(=O)O. The Bertz CT molecular complexity index is 440. The number of carboxylic acid groups (broad SMARTS) is 1. The highest BCUT2D eigenvalue weighted by atomic mass is 16.5. The van der Waals surface area contributed by atoms with E-state index in [1.54, 1.807) is 0 Å². The van der Waals surface area contributed by atoms with Gasteiger partial charge in [0.25, 0.3) is 0 Å². The number of hydrogen-bond donors (Lipinski definition) is 3. The van der Waals surface area contributed by atoms with Gasteiger partial charge in [-0.25, -0.2) is 4.79 Å². The zero-order chi connectivity index (χ0) is 20.8. The lowest BCUT2D eigenvalue weighted by Gasteiger charge is -2.25. The van der Waals surface area contributed by atoms with Gasteiger partial charge in [-0.15, -0.1) is 0 Å².